The number of rotatable bonds is 8. The average Bonchev–Trinajstić information content (AvgIpc) is 3.46. The van der Waals surface area contributed by atoms with Crippen molar-refractivity contribution in [1.29, 1.82) is 0 Å². The van der Waals surface area contributed by atoms with Gasteiger partial charge in [-0.1, -0.05) is 59.9 Å². The van der Waals surface area contributed by atoms with Crippen LogP contribution in [0, 0.1) is 12.7 Å². The third-order valence-corrected chi connectivity index (χ3v) is 8.82. The van der Waals surface area contributed by atoms with E-state index in [0.717, 1.165) is 27.7 Å². The topological polar surface area (TPSA) is 74.8 Å². The molecule has 0 unspecified atom stereocenters. The maximum atomic E-state index is 14.3. The number of halogens is 1. The maximum Gasteiger partial charge on any atom is 0.338 e. The van der Waals surface area contributed by atoms with Crippen LogP contribution in [0.2, 0.25) is 0 Å². The minimum absolute atomic E-state index is 0.196. The highest BCUT2D eigenvalue weighted by molar-refractivity contribution is 7.07. The largest absolute Gasteiger partial charge is 0.494 e. The summed E-state index contributed by atoms with van der Waals surface area (Å²) in [7, 11) is 0. The Balaban J connectivity index is 1.56. The van der Waals surface area contributed by atoms with E-state index >= 15 is 0 Å². The van der Waals surface area contributed by atoms with Crippen LogP contribution in [0.25, 0.3) is 17.0 Å². The molecule has 9 heteroatoms. The Morgan fingerprint density at radius 2 is 1.73 bits per heavy atom. The molecule has 0 bridgehead atoms. The van der Waals surface area contributed by atoms with Gasteiger partial charge in [-0.25, -0.2) is 14.2 Å². The second-order valence-corrected chi connectivity index (χ2v) is 11.5. The van der Waals surface area contributed by atoms with Gasteiger partial charge in [-0.05, 0) is 63.6 Å². The molecule has 0 aliphatic carbocycles. The summed E-state index contributed by atoms with van der Waals surface area (Å²) in [5.41, 5.74) is 5.11. The molecule has 0 amide bonds. The fraction of sp³-hybridized carbons (Fsp3) is 0.229. The lowest BCUT2D eigenvalue weighted by Crippen LogP contribution is -2.40. The molecule has 0 spiro atoms. The number of carbonyl (C=O) groups excluding carboxylic acids is 1. The molecule has 0 saturated heterocycles. The Morgan fingerprint density at radius 1 is 1.00 bits per heavy atom. The SMILES string of the molecule is CCOC(=O)C1=C(C)N=c2s/c(=C\c3c(C)n(Cc4ccc(F)cc4)c4ccccc34)c(=O)n2[C@@H]1c1ccccc1OCC. The van der Waals surface area contributed by atoms with Crippen molar-refractivity contribution in [3.63, 3.8) is 0 Å². The Morgan fingerprint density at radius 3 is 2.48 bits per heavy atom. The van der Waals surface area contributed by atoms with Crippen molar-refractivity contribution in [1.82, 2.24) is 9.13 Å². The molecule has 0 fully saturated rings. The highest BCUT2D eigenvalue weighted by Crippen LogP contribution is 2.36. The number of thiazole rings is 1. The second kappa shape index (κ2) is 12.1. The molecule has 224 valence electrons. The molecular formula is C35H32FN3O4S. The summed E-state index contributed by atoms with van der Waals surface area (Å²) in [6, 6.07) is 21.2. The van der Waals surface area contributed by atoms with Gasteiger partial charge in [-0.15, -0.1) is 0 Å². The van der Waals surface area contributed by atoms with Gasteiger partial charge >= 0.3 is 5.97 Å². The first-order valence-electron chi connectivity index (χ1n) is 14.6. The molecule has 5 aromatic rings. The Labute approximate surface area is 257 Å². The van der Waals surface area contributed by atoms with E-state index in [2.05, 4.69) is 4.57 Å². The van der Waals surface area contributed by atoms with Gasteiger partial charge in [0, 0.05) is 34.3 Å². The van der Waals surface area contributed by atoms with Crippen LogP contribution in [0.4, 0.5) is 4.39 Å². The van der Waals surface area contributed by atoms with E-state index in [1.165, 1.54) is 23.5 Å². The van der Waals surface area contributed by atoms with Gasteiger partial charge in [-0.2, -0.15) is 0 Å². The van der Waals surface area contributed by atoms with Crippen molar-refractivity contribution in [2.45, 2.75) is 40.3 Å². The molecule has 1 aliphatic heterocycles. The van der Waals surface area contributed by atoms with Crippen LogP contribution in [0.1, 0.15) is 49.2 Å². The van der Waals surface area contributed by atoms with Crippen molar-refractivity contribution in [2.24, 2.45) is 4.99 Å². The molecule has 0 saturated carbocycles. The minimum Gasteiger partial charge on any atom is -0.494 e. The highest BCUT2D eigenvalue weighted by Gasteiger charge is 2.35. The third kappa shape index (κ3) is 5.17. The van der Waals surface area contributed by atoms with Crippen LogP contribution >= 0.6 is 11.3 Å². The zero-order valence-electron chi connectivity index (χ0n) is 25.0. The Bertz CT molecular complexity index is 2100. The Hall–Kier alpha value is -4.76. The first-order valence-corrected chi connectivity index (χ1v) is 15.4. The van der Waals surface area contributed by atoms with E-state index in [1.54, 1.807) is 30.5 Å². The van der Waals surface area contributed by atoms with Gasteiger partial charge in [0.15, 0.2) is 4.80 Å². The summed E-state index contributed by atoms with van der Waals surface area (Å²) in [6.45, 7) is 8.62. The van der Waals surface area contributed by atoms with Crippen LogP contribution in [-0.2, 0) is 16.1 Å². The summed E-state index contributed by atoms with van der Waals surface area (Å²) in [4.78, 5) is 32.8. The number of benzene rings is 3. The molecule has 0 N–H and O–H groups in total. The minimum atomic E-state index is -0.767. The molecule has 2 aromatic heterocycles. The van der Waals surface area contributed by atoms with E-state index in [-0.39, 0.29) is 18.0 Å². The molecule has 6 rings (SSSR count). The summed E-state index contributed by atoms with van der Waals surface area (Å²) < 4.78 is 29.2. The predicted molar refractivity (Wildman–Crippen MR) is 170 cm³/mol. The summed E-state index contributed by atoms with van der Waals surface area (Å²) in [5.74, 6) is -0.202. The smallest absolute Gasteiger partial charge is 0.338 e. The number of allylic oxidation sites excluding steroid dienone is 1. The Kier molecular flexibility index (Phi) is 8.05. The highest BCUT2D eigenvalue weighted by atomic mass is 32.1. The molecule has 1 atom stereocenters. The normalized spacial score (nSPS) is 14.9. The lowest BCUT2D eigenvalue weighted by atomic mass is 9.95. The van der Waals surface area contributed by atoms with Crippen molar-refractivity contribution in [3.8, 4) is 5.75 Å². The van der Waals surface area contributed by atoms with Crippen LogP contribution in [0.15, 0.2) is 93.9 Å². The van der Waals surface area contributed by atoms with E-state index in [0.29, 0.717) is 45.1 Å². The second-order valence-electron chi connectivity index (χ2n) is 10.5. The van der Waals surface area contributed by atoms with Gasteiger partial charge in [-0.3, -0.25) is 9.36 Å². The molecule has 7 nitrogen and oxygen atoms in total. The predicted octanol–water partition coefficient (Wildman–Crippen LogP) is 5.65. The number of nitrogens with zero attached hydrogens (tertiary/aromatic N) is 3. The quantitative estimate of drug-likeness (QED) is 0.213. The van der Waals surface area contributed by atoms with Crippen LogP contribution < -0.4 is 19.6 Å². The zero-order valence-corrected chi connectivity index (χ0v) is 25.8. The lowest BCUT2D eigenvalue weighted by molar-refractivity contribution is -0.139. The lowest BCUT2D eigenvalue weighted by Gasteiger charge is -2.26. The third-order valence-electron chi connectivity index (χ3n) is 7.84. The van der Waals surface area contributed by atoms with Crippen molar-refractivity contribution in [2.75, 3.05) is 13.2 Å². The molecule has 0 radical (unpaired) electrons. The van der Waals surface area contributed by atoms with Gasteiger partial charge in [0.1, 0.15) is 17.6 Å². The zero-order chi connectivity index (χ0) is 31.0. The van der Waals surface area contributed by atoms with Gasteiger partial charge in [0.25, 0.3) is 5.56 Å². The molecular weight excluding hydrogens is 577 g/mol. The monoisotopic (exact) mass is 609 g/mol. The van der Waals surface area contributed by atoms with Crippen molar-refractivity contribution < 1.29 is 18.7 Å². The number of aromatic nitrogens is 2. The van der Waals surface area contributed by atoms with Gasteiger partial charge < -0.3 is 14.0 Å². The molecule has 3 aromatic carbocycles. The van der Waals surface area contributed by atoms with E-state index in [4.69, 9.17) is 14.5 Å². The standard InChI is InChI=1S/C35H32FN3O4S/c1-5-42-29-14-10-8-12-26(29)32-31(34(41)43-6-2)21(3)37-35-39(32)33(40)30(44-35)19-27-22(4)38(28-13-9-7-11-25(27)28)20-23-15-17-24(36)18-16-23/h7-19,32H,5-6,20H2,1-4H3/b30-19-/t32-/m1/s1. The van der Waals surface area contributed by atoms with Crippen LogP contribution in [0.3, 0.4) is 0 Å². The first-order chi connectivity index (χ1) is 21.3. The first kappa shape index (κ1) is 29.3. The van der Waals surface area contributed by atoms with E-state index in [9.17, 15) is 14.0 Å². The van der Waals surface area contributed by atoms with Gasteiger partial charge in [0.2, 0.25) is 0 Å². The number of ether oxygens (including phenoxy) is 2. The summed E-state index contributed by atoms with van der Waals surface area (Å²) in [6.07, 6.45) is 1.91. The van der Waals surface area contributed by atoms with Crippen molar-refractivity contribution >= 4 is 34.3 Å². The average molecular weight is 610 g/mol. The summed E-state index contributed by atoms with van der Waals surface area (Å²) >= 11 is 1.29. The maximum absolute atomic E-state index is 14.3. The van der Waals surface area contributed by atoms with Crippen molar-refractivity contribution in [3.05, 3.63) is 132 Å². The van der Waals surface area contributed by atoms with Gasteiger partial charge in [0.05, 0.1) is 29.0 Å². The molecule has 3 heterocycles. The number of hydrogen-bond donors (Lipinski definition) is 0. The van der Waals surface area contributed by atoms with E-state index < -0.39 is 12.0 Å². The van der Waals surface area contributed by atoms with E-state index in [1.807, 2.05) is 68.5 Å². The molecule has 1 aliphatic rings. The summed E-state index contributed by atoms with van der Waals surface area (Å²) in [5, 5.41) is 1.000. The number of hydrogen-bond acceptors (Lipinski definition) is 6. The number of fused-ring (bicyclic) bond motifs is 2. The fourth-order valence-electron chi connectivity index (χ4n) is 5.83. The van der Waals surface area contributed by atoms with Crippen LogP contribution in [-0.4, -0.2) is 28.3 Å². The number of para-hydroxylation sites is 2. The molecule has 44 heavy (non-hydrogen) atoms. The number of esters is 1. The number of carbonyl (C=O) groups is 1. The van der Waals surface area contributed by atoms with Crippen LogP contribution in [0.5, 0.6) is 5.75 Å². The fourth-order valence-corrected chi connectivity index (χ4v) is 6.85.